The molecule has 23 heavy (non-hydrogen) atoms. The van der Waals surface area contributed by atoms with Crippen LogP contribution in [-0.4, -0.2) is 36.7 Å². The first kappa shape index (κ1) is 16.8. The summed E-state index contributed by atoms with van der Waals surface area (Å²) < 4.78 is 12.0. The van der Waals surface area contributed by atoms with Crippen LogP contribution < -0.4 is 5.32 Å². The van der Waals surface area contributed by atoms with Crippen LogP contribution in [0.25, 0.3) is 0 Å². The van der Waals surface area contributed by atoms with Crippen molar-refractivity contribution in [2.45, 2.75) is 49.7 Å². The second-order valence-electron chi connectivity index (χ2n) is 6.30. The zero-order chi connectivity index (χ0) is 16.0. The van der Waals surface area contributed by atoms with E-state index in [0.717, 1.165) is 18.6 Å². The van der Waals surface area contributed by atoms with Crippen LogP contribution >= 0.6 is 11.8 Å². The van der Waals surface area contributed by atoms with Gasteiger partial charge in [-0.1, -0.05) is 36.8 Å². The number of rotatable bonds is 6. The number of nitrogens with one attached hydrogen (secondary N) is 1. The number of carbonyl (C=O) groups excluding carboxylic acids is 1. The molecule has 5 heteroatoms. The van der Waals surface area contributed by atoms with Gasteiger partial charge in [-0.3, -0.25) is 4.79 Å². The summed E-state index contributed by atoms with van der Waals surface area (Å²) in [7, 11) is 0. The Balaban J connectivity index is 1.32. The lowest BCUT2D eigenvalue weighted by atomic mass is 9.94. The Morgan fingerprint density at radius 3 is 2.78 bits per heavy atom. The molecule has 1 aromatic rings. The van der Waals surface area contributed by atoms with E-state index in [0.29, 0.717) is 18.9 Å². The minimum atomic E-state index is -0.351. The fourth-order valence-corrected chi connectivity index (χ4v) is 4.00. The summed E-state index contributed by atoms with van der Waals surface area (Å²) in [5.74, 6) is 1.06. The molecule has 1 saturated carbocycles. The maximum Gasteiger partial charge on any atom is 0.230 e. The van der Waals surface area contributed by atoms with Gasteiger partial charge >= 0.3 is 0 Å². The van der Waals surface area contributed by atoms with Gasteiger partial charge in [0.05, 0.1) is 12.4 Å². The fourth-order valence-electron chi connectivity index (χ4n) is 3.18. The number of hydrogen-bond donors (Lipinski definition) is 1. The van der Waals surface area contributed by atoms with Crippen LogP contribution in [0.1, 0.15) is 37.7 Å². The third-order valence-electron chi connectivity index (χ3n) is 4.40. The van der Waals surface area contributed by atoms with E-state index < -0.39 is 0 Å². The molecular formula is C18H25NO3S. The first-order valence-electron chi connectivity index (χ1n) is 8.46. The highest BCUT2D eigenvalue weighted by atomic mass is 32.2. The molecule has 1 spiro atoms. The van der Waals surface area contributed by atoms with Gasteiger partial charge in [0.25, 0.3) is 0 Å². The van der Waals surface area contributed by atoms with E-state index in [-0.39, 0.29) is 17.8 Å². The van der Waals surface area contributed by atoms with E-state index in [2.05, 4.69) is 17.4 Å². The molecule has 1 unspecified atom stereocenters. The summed E-state index contributed by atoms with van der Waals surface area (Å²) in [4.78, 5) is 11.9. The lowest BCUT2D eigenvalue weighted by Gasteiger charge is -2.31. The second-order valence-corrected chi connectivity index (χ2v) is 7.29. The van der Waals surface area contributed by atoms with Crippen molar-refractivity contribution in [3.63, 3.8) is 0 Å². The predicted molar refractivity (Wildman–Crippen MR) is 92.3 cm³/mol. The van der Waals surface area contributed by atoms with Crippen molar-refractivity contribution in [3.8, 4) is 0 Å². The summed E-state index contributed by atoms with van der Waals surface area (Å²) in [6.07, 6.45) is 5.60. The van der Waals surface area contributed by atoms with Crippen LogP contribution in [0.5, 0.6) is 0 Å². The molecule has 1 atom stereocenters. The van der Waals surface area contributed by atoms with Gasteiger partial charge in [0.1, 0.15) is 6.10 Å². The van der Waals surface area contributed by atoms with Gasteiger partial charge in [0.15, 0.2) is 5.79 Å². The predicted octanol–water partition coefficient (Wildman–Crippen LogP) is 3.11. The molecule has 2 fully saturated rings. The van der Waals surface area contributed by atoms with Crippen molar-refractivity contribution in [3.05, 3.63) is 35.9 Å². The Hall–Kier alpha value is -1.04. The maximum atomic E-state index is 11.9. The molecule has 4 nitrogen and oxygen atoms in total. The molecule has 1 saturated heterocycles. The maximum absolute atomic E-state index is 11.9. The molecule has 1 amide bonds. The highest BCUT2D eigenvalue weighted by Crippen LogP contribution is 2.37. The molecule has 1 aliphatic heterocycles. The number of hydrogen-bond acceptors (Lipinski definition) is 4. The Bertz CT molecular complexity index is 502. The molecule has 1 aliphatic carbocycles. The molecule has 1 heterocycles. The quantitative estimate of drug-likeness (QED) is 0.868. The number of ether oxygens (including phenoxy) is 2. The van der Waals surface area contributed by atoms with Crippen LogP contribution in [0.2, 0.25) is 0 Å². The topological polar surface area (TPSA) is 47.6 Å². The van der Waals surface area contributed by atoms with Gasteiger partial charge in [-0.2, -0.15) is 0 Å². The van der Waals surface area contributed by atoms with E-state index in [9.17, 15) is 4.79 Å². The van der Waals surface area contributed by atoms with E-state index >= 15 is 0 Å². The Labute approximate surface area is 142 Å². The Kier molecular flexibility index (Phi) is 5.97. The van der Waals surface area contributed by atoms with Crippen LogP contribution in [0.15, 0.2) is 30.3 Å². The van der Waals surface area contributed by atoms with Gasteiger partial charge in [-0.05, 0) is 18.4 Å². The van der Waals surface area contributed by atoms with Crippen molar-refractivity contribution in [1.29, 1.82) is 0 Å². The third-order valence-corrected chi connectivity index (χ3v) is 5.40. The summed E-state index contributed by atoms with van der Waals surface area (Å²) in [5.41, 5.74) is 1.25. The van der Waals surface area contributed by atoms with E-state index in [4.69, 9.17) is 9.47 Å². The summed E-state index contributed by atoms with van der Waals surface area (Å²) in [5, 5.41) is 2.97. The number of benzene rings is 1. The Morgan fingerprint density at radius 1 is 1.22 bits per heavy atom. The number of carbonyl (C=O) groups is 1. The van der Waals surface area contributed by atoms with Gasteiger partial charge in [0.2, 0.25) is 5.91 Å². The smallest absolute Gasteiger partial charge is 0.230 e. The average Bonchev–Trinajstić information content (AvgIpc) is 2.97. The molecule has 0 radical (unpaired) electrons. The zero-order valence-electron chi connectivity index (χ0n) is 13.5. The molecule has 3 rings (SSSR count). The third kappa shape index (κ3) is 4.96. The average molecular weight is 335 g/mol. The lowest BCUT2D eigenvalue weighted by Crippen LogP contribution is -2.37. The summed E-state index contributed by atoms with van der Waals surface area (Å²) in [6.45, 7) is 1.14. The second kappa shape index (κ2) is 8.18. The van der Waals surface area contributed by atoms with Crippen LogP contribution in [0.3, 0.4) is 0 Å². The monoisotopic (exact) mass is 335 g/mol. The first-order valence-corrected chi connectivity index (χ1v) is 9.61. The molecule has 2 aliphatic rings. The van der Waals surface area contributed by atoms with Gasteiger partial charge in [0, 0.05) is 25.1 Å². The van der Waals surface area contributed by atoms with Crippen molar-refractivity contribution in [1.82, 2.24) is 5.32 Å². The van der Waals surface area contributed by atoms with E-state index in [1.807, 2.05) is 18.2 Å². The zero-order valence-corrected chi connectivity index (χ0v) is 14.3. The molecule has 1 aromatic carbocycles. The Morgan fingerprint density at radius 2 is 2.00 bits per heavy atom. The highest BCUT2D eigenvalue weighted by molar-refractivity contribution is 7.99. The normalized spacial score (nSPS) is 23.0. The SMILES string of the molecule is O=C(CSCc1ccccc1)NCC1COC2(CCCCC2)O1. The van der Waals surface area contributed by atoms with Gasteiger partial charge < -0.3 is 14.8 Å². The molecular weight excluding hydrogens is 310 g/mol. The number of amides is 1. The number of thioether (sulfide) groups is 1. The lowest BCUT2D eigenvalue weighted by molar-refractivity contribution is -0.186. The van der Waals surface area contributed by atoms with Crippen molar-refractivity contribution < 1.29 is 14.3 Å². The van der Waals surface area contributed by atoms with Crippen LogP contribution in [0, 0.1) is 0 Å². The first-order chi connectivity index (χ1) is 11.3. The minimum absolute atomic E-state index is 0.00354. The molecule has 0 bridgehead atoms. The van der Waals surface area contributed by atoms with Crippen molar-refractivity contribution in [2.75, 3.05) is 18.9 Å². The van der Waals surface area contributed by atoms with E-state index in [1.165, 1.54) is 24.8 Å². The molecule has 126 valence electrons. The summed E-state index contributed by atoms with van der Waals surface area (Å²) in [6, 6.07) is 10.2. The van der Waals surface area contributed by atoms with Gasteiger partial charge in [-0.15, -0.1) is 11.8 Å². The highest BCUT2D eigenvalue weighted by Gasteiger charge is 2.42. The van der Waals surface area contributed by atoms with Crippen LogP contribution in [0.4, 0.5) is 0 Å². The molecule has 1 N–H and O–H groups in total. The minimum Gasteiger partial charge on any atom is -0.353 e. The van der Waals surface area contributed by atoms with E-state index in [1.54, 1.807) is 11.8 Å². The standard InChI is InChI=1S/C18H25NO3S/c20-17(14-23-13-15-7-3-1-4-8-15)19-11-16-12-21-18(22-16)9-5-2-6-10-18/h1,3-4,7-8,16H,2,5-6,9-14H2,(H,19,20). The molecule has 0 aromatic heterocycles. The largest absolute Gasteiger partial charge is 0.353 e. The van der Waals surface area contributed by atoms with Crippen molar-refractivity contribution >= 4 is 17.7 Å². The fraction of sp³-hybridized carbons (Fsp3) is 0.611. The van der Waals surface area contributed by atoms with Crippen LogP contribution in [-0.2, 0) is 20.0 Å². The van der Waals surface area contributed by atoms with Gasteiger partial charge in [-0.25, -0.2) is 0 Å². The summed E-state index contributed by atoms with van der Waals surface area (Å²) >= 11 is 1.63. The van der Waals surface area contributed by atoms with Crippen molar-refractivity contribution in [2.24, 2.45) is 0 Å².